The zero-order valence-corrected chi connectivity index (χ0v) is 10.8. The van der Waals surface area contributed by atoms with Gasteiger partial charge >= 0.3 is 0 Å². The lowest BCUT2D eigenvalue weighted by Crippen LogP contribution is -2.29. The molecule has 1 nitrogen and oxygen atoms in total. The smallest absolute Gasteiger partial charge is 0.0000385 e. The molecule has 2 heteroatoms. The summed E-state index contributed by atoms with van der Waals surface area (Å²) in [5.74, 6) is 1.01. The number of nitrogens with one attached hydrogen (secondary N) is 1. The summed E-state index contributed by atoms with van der Waals surface area (Å²) in [6.07, 6.45) is 8.79. The van der Waals surface area contributed by atoms with Crippen molar-refractivity contribution >= 4 is 12.4 Å². The van der Waals surface area contributed by atoms with Crippen LogP contribution in [0.2, 0.25) is 0 Å². The summed E-state index contributed by atoms with van der Waals surface area (Å²) in [5.41, 5.74) is 0.497. The third-order valence-electron chi connectivity index (χ3n) is 3.22. The van der Waals surface area contributed by atoms with Crippen LogP contribution in [0.4, 0.5) is 0 Å². The minimum Gasteiger partial charge on any atom is -0.319 e. The van der Waals surface area contributed by atoms with Crippen LogP contribution in [0.15, 0.2) is 0 Å². The van der Waals surface area contributed by atoms with Crippen LogP contribution in [0.1, 0.15) is 52.4 Å². The van der Waals surface area contributed by atoms with Crippen LogP contribution in [0, 0.1) is 11.3 Å². The Morgan fingerprint density at radius 3 is 2.21 bits per heavy atom. The minimum absolute atomic E-state index is 0. The summed E-state index contributed by atoms with van der Waals surface area (Å²) in [6, 6.07) is 0. The van der Waals surface area contributed by atoms with E-state index in [-0.39, 0.29) is 12.4 Å². The third kappa shape index (κ3) is 5.21. The molecule has 1 N–H and O–H groups in total. The molecule has 0 spiro atoms. The molecule has 0 amide bonds. The largest absolute Gasteiger partial charge is 0.319 e. The number of halogens is 1. The minimum atomic E-state index is 0. The molecule has 0 bridgehead atoms. The Labute approximate surface area is 95.5 Å². The van der Waals surface area contributed by atoms with E-state index in [4.69, 9.17) is 0 Å². The van der Waals surface area contributed by atoms with Crippen molar-refractivity contribution in [1.29, 1.82) is 0 Å². The Morgan fingerprint density at radius 2 is 1.71 bits per heavy atom. The molecule has 1 aliphatic carbocycles. The van der Waals surface area contributed by atoms with Crippen molar-refractivity contribution < 1.29 is 0 Å². The van der Waals surface area contributed by atoms with E-state index in [1.165, 1.54) is 38.5 Å². The Bertz CT molecular complexity index is 139. The van der Waals surface area contributed by atoms with Gasteiger partial charge in [0.15, 0.2) is 0 Å². The van der Waals surface area contributed by atoms with E-state index in [0.29, 0.717) is 5.41 Å². The Hall–Kier alpha value is 0.250. The maximum absolute atomic E-state index is 3.30. The molecule has 0 aliphatic heterocycles. The fourth-order valence-corrected chi connectivity index (χ4v) is 2.72. The number of rotatable bonds is 4. The first-order valence-electron chi connectivity index (χ1n) is 5.79. The lowest BCUT2D eigenvalue weighted by molar-refractivity contribution is 0.219. The molecule has 0 radical (unpaired) electrons. The molecular weight excluding hydrogens is 194 g/mol. The monoisotopic (exact) mass is 219 g/mol. The summed E-state index contributed by atoms with van der Waals surface area (Å²) in [7, 11) is 2.06. The molecule has 86 valence electrons. The van der Waals surface area contributed by atoms with Gasteiger partial charge in [0.1, 0.15) is 0 Å². The lowest BCUT2D eigenvalue weighted by Gasteiger charge is -2.31. The second-order valence-electron chi connectivity index (χ2n) is 5.40. The Morgan fingerprint density at radius 1 is 1.14 bits per heavy atom. The standard InChI is InChI=1S/C12H25N.ClH/c1-12(2,10-13-3)9-11-7-5-4-6-8-11;/h11,13H,4-10H2,1-3H3;1H. The van der Waals surface area contributed by atoms with E-state index in [2.05, 4.69) is 26.2 Å². The van der Waals surface area contributed by atoms with Gasteiger partial charge in [0.2, 0.25) is 0 Å². The van der Waals surface area contributed by atoms with Gasteiger partial charge in [0, 0.05) is 0 Å². The predicted octanol–water partition coefficient (Wildman–Crippen LogP) is 3.62. The summed E-state index contributed by atoms with van der Waals surface area (Å²) >= 11 is 0. The van der Waals surface area contributed by atoms with Crippen molar-refractivity contribution in [1.82, 2.24) is 5.32 Å². The molecule has 0 aromatic rings. The molecule has 0 unspecified atom stereocenters. The van der Waals surface area contributed by atoms with Crippen LogP contribution in [0.25, 0.3) is 0 Å². The van der Waals surface area contributed by atoms with Crippen molar-refractivity contribution in [3.8, 4) is 0 Å². The average molecular weight is 220 g/mol. The highest BCUT2D eigenvalue weighted by atomic mass is 35.5. The molecule has 1 aliphatic rings. The summed E-state index contributed by atoms with van der Waals surface area (Å²) in [4.78, 5) is 0. The molecule has 1 saturated carbocycles. The van der Waals surface area contributed by atoms with Gasteiger partial charge in [-0.05, 0) is 31.3 Å². The van der Waals surface area contributed by atoms with E-state index in [1.54, 1.807) is 0 Å². The van der Waals surface area contributed by atoms with Gasteiger partial charge < -0.3 is 5.32 Å². The molecule has 0 saturated heterocycles. The van der Waals surface area contributed by atoms with E-state index in [0.717, 1.165) is 12.5 Å². The van der Waals surface area contributed by atoms with Gasteiger partial charge in [0.05, 0.1) is 0 Å². The van der Waals surface area contributed by atoms with Crippen LogP contribution < -0.4 is 5.32 Å². The molecule has 0 atom stereocenters. The van der Waals surface area contributed by atoms with Gasteiger partial charge in [-0.2, -0.15) is 0 Å². The van der Waals surface area contributed by atoms with Crippen LogP contribution in [0.3, 0.4) is 0 Å². The molecule has 0 aromatic carbocycles. The maximum Gasteiger partial charge on any atom is -0.0000385 e. The van der Waals surface area contributed by atoms with Crippen molar-refractivity contribution in [2.24, 2.45) is 11.3 Å². The first kappa shape index (κ1) is 14.2. The van der Waals surface area contributed by atoms with E-state index in [1.807, 2.05) is 0 Å². The van der Waals surface area contributed by atoms with Gasteiger partial charge in [-0.15, -0.1) is 12.4 Å². The fourth-order valence-electron chi connectivity index (χ4n) is 2.72. The van der Waals surface area contributed by atoms with Crippen LogP contribution in [-0.4, -0.2) is 13.6 Å². The van der Waals surface area contributed by atoms with Crippen molar-refractivity contribution in [3.63, 3.8) is 0 Å². The van der Waals surface area contributed by atoms with Gasteiger partial charge in [0.25, 0.3) is 0 Å². The topological polar surface area (TPSA) is 12.0 Å². The second kappa shape index (κ2) is 6.68. The Balaban J connectivity index is 0.00000169. The van der Waals surface area contributed by atoms with Gasteiger partial charge in [-0.3, -0.25) is 0 Å². The van der Waals surface area contributed by atoms with Gasteiger partial charge in [-0.25, -0.2) is 0 Å². The molecule has 1 fully saturated rings. The second-order valence-corrected chi connectivity index (χ2v) is 5.40. The molecule has 0 heterocycles. The lowest BCUT2D eigenvalue weighted by atomic mass is 9.76. The SMILES string of the molecule is CNCC(C)(C)CC1CCCCC1.Cl. The zero-order valence-electron chi connectivity index (χ0n) is 9.94. The van der Waals surface area contributed by atoms with E-state index >= 15 is 0 Å². The van der Waals surface area contributed by atoms with Crippen LogP contribution in [-0.2, 0) is 0 Å². The fraction of sp³-hybridized carbons (Fsp3) is 1.00. The highest BCUT2D eigenvalue weighted by Crippen LogP contribution is 2.33. The Kier molecular flexibility index (Phi) is 6.80. The molecule has 1 rings (SSSR count). The summed E-state index contributed by atoms with van der Waals surface area (Å²) in [6.45, 7) is 5.93. The number of hydrogen-bond acceptors (Lipinski definition) is 1. The highest BCUT2D eigenvalue weighted by molar-refractivity contribution is 5.85. The normalized spacial score (nSPS) is 19.1. The van der Waals surface area contributed by atoms with E-state index < -0.39 is 0 Å². The quantitative estimate of drug-likeness (QED) is 0.762. The van der Waals surface area contributed by atoms with Crippen molar-refractivity contribution in [3.05, 3.63) is 0 Å². The molecular formula is C12H26ClN. The maximum atomic E-state index is 3.30. The highest BCUT2D eigenvalue weighted by Gasteiger charge is 2.23. The van der Waals surface area contributed by atoms with Crippen LogP contribution >= 0.6 is 12.4 Å². The summed E-state index contributed by atoms with van der Waals surface area (Å²) in [5, 5.41) is 3.30. The zero-order chi connectivity index (χ0) is 9.73. The van der Waals surface area contributed by atoms with Gasteiger partial charge in [-0.1, -0.05) is 46.0 Å². The summed E-state index contributed by atoms with van der Waals surface area (Å²) < 4.78 is 0. The van der Waals surface area contributed by atoms with Crippen molar-refractivity contribution in [2.75, 3.05) is 13.6 Å². The molecule has 14 heavy (non-hydrogen) atoms. The predicted molar refractivity (Wildman–Crippen MR) is 66.1 cm³/mol. The molecule has 0 aromatic heterocycles. The number of hydrogen-bond donors (Lipinski definition) is 1. The average Bonchev–Trinajstić information content (AvgIpc) is 2.04. The van der Waals surface area contributed by atoms with E-state index in [9.17, 15) is 0 Å². The third-order valence-corrected chi connectivity index (χ3v) is 3.22. The van der Waals surface area contributed by atoms with Crippen molar-refractivity contribution in [2.45, 2.75) is 52.4 Å². The van der Waals surface area contributed by atoms with Crippen LogP contribution in [0.5, 0.6) is 0 Å². The first-order valence-corrected chi connectivity index (χ1v) is 5.79. The first-order chi connectivity index (χ1) is 6.14.